The molecule has 0 aromatic heterocycles. The van der Waals surface area contributed by atoms with Gasteiger partial charge in [0.15, 0.2) is 5.11 Å². The van der Waals surface area contributed by atoms with Crippen LogP contribution in [0.25, 0.3) is 0 Å². The van der Waals surface area contributed by atoms with Gasteiger partial charge in [0.05, 0.1) is 0 Å². The number of thiocarbonyl (C=S) groups is 1. The fourth-order valence-electron chi connectivity index (χ4n) is 2.58. The summed E-state index contributed by atoms with van der Waals surface area (Å²) in [7, 11) is 0. The third-order valence-electron chi connectivity index (χ3n) is 3.84. The SMILES string of the molecule is Fc1ccc(NC(=S)N2CCN(c3cccc(Cl)c3)CC2)cc1. The second-order valence-corrected chi connectivity index (χ2v) is 6.21. The molecule has 3 nitrogen and oxygen atoms in total. The highest BCUT2D eigenvalue weighted by Crippen LogP contribution is 2.21. The molecular weight excluding hydrogens is 333 g/mol. The van der Waals surface area contributed by atoms with Gasteiger partial charge in [0.25, 0.3) is 0 Å². The zero-order chi connectivity index (χ0) is 16.2. The average Bonchev–Trinajstić information content (AvgIpc) is 2.57. The van der Waals surface area contributed by atoms with Crippen LogP contribution in [0.5, 0.6) is 0 Å². The van der Waals surface area contributed by atoms with Gasteiger partial charge in [-0.25, -0.2) is 4.39 Å². The number of rotatable bonds is 2. The Kier molecular flexibility index (Phi) is 4.98. The summed E-state index contributed by atoms with van der Waals surface area (Å²) >= 11 is 11.5. The van der Waals surface area contributed by atoms with E-state index in [2.05, 4.69) is 21.2 Å². The van der Waals surface area contributed by atoms with Crippen molar-refractivity contribution in [3.8, 4) is 0 Å². The van der Waals surface area contributed by atoms with Gasteiger partial charge in [-0.15, -0.1) is 0 Å². The second-order valence-electron chi connectivity index (χ2n) is 5.39. The van der Waals surface area contributed by atoms with Gasteiger partial charge in [-0.2, -0.15) is 0 Å². The van der Waals surface area contributed by atoms with Crippen LogP contribution >= 0.6 is 23.8 Å². The molecule has 0 amide bonds. The highest BCUT2D eigenvalue weighted by atomic mass is 35.5. The lowest BCUT2D eigenvalue weighted by Crippen LogP contribution is -2.50. The van der Waals surface area contributed by atoms with Gasteiger partial charge in [-0.1, -0.05) is 17.7 Å². The number of piperazine rings is 1. The average molecular weight is 350 g/mol. The summed E-state index contributed by atoms with van der Waals surface area (Å²) in [5.41, 5.74) is 1.93. The van der Waals surface area contributed by atoms with Crippen LogP contribution in [0.2, 0.25) is 5.02 Å². The first-order valence-electron chi connectivity index (χ1n) is 7.44. The Labute approximate surface area is 145 Å². The third-order valence-corrected chi connectivity index (χ3v) is 4.43. The molecule has 1 aliphatic rings. The summed E-state index contributed by atoms with van der Waals surface area (Å²) in [6.07, 6.45) is 0. The molecule has 1 aliphatic heterocycles. The van der Waals surface area contributed by atoms with E-state index >= 15 is 0 Å². The Hall–Kier alpha value is -1.85. The van der Waals surface area contributed by atoms with Crippen molar-refractivity contribution >= 4 is 40.3 Å². The lowest BCUT2D eigenvalue weighted by Gasteiger charge is -2.37. The fourth-order valence-corrected chi connectivity index (χ4v) is 3.06. The van der Waals surface area contributed by atoms with E-state index in [4.69, 9.17) is 23.8 Å². The Balaban J connectivity index is 1.56. The normalized spacial score (nSPS) is 14.7. The maximum absolute atomic E-state index is 12.9. The van der Waals surface area contributed by atoms with Gasteiger partial charge >= 0.3 is 0 Å². The molecule has 120 valence electrons. The molecule has 2 aromatic carbocycles. The summed E-state index contributed by atoms with van der Waals surface area (Å²) in [5, 5.41) is 4.57. The Bertz CT molecular complexity index is 684. The first-order chi connectivity index (χ1) is 11.1. The van der Waals surface area contributed by atoms with Crippen LogP contribution in [-0.4, -0.2) is 36.2 Å². The van der Waals surface area contributed by atoms with E-state index < -0.39 is 0 Å². The molecule has 0 atom stereocenters. The van der Waals surface area contributed by atoms with E-state index in [9.17, 15) is 4.39 Å². The maximum atomic E-state index is 12.9. The maximum Gasteiger partial charge on any atom is 0.173 e. The minimum atomic E-state index is -0.253. The van der Waals surface area contributed by atoms with E-state index in [1.807, 2.05) is 18.2 Å². The molecule has 0 spiro atoms. The predicted octanol–water partition coefficient (Wildman–Crippen LogP) is 4.00. The molecule has 1 heterocycles. The van der Waals surface area contributed by atoms with Crippen LogP contribution < -0.4 is 10.2 Å². The van der Waals surface area contributed by atoms with Crippen LogP contribution in [0.3, 0.4) is 0 Å². The van der Waals surface area contributed by atoms with E-state index in [1.54, 1.807) is 12.1 Å². The van der Waals surface area contributed by atoms with E-state index in [0.717, 1.165) is 42.6 Å². The highest BCUT2D eigenvalue weighted by molar-refractivity contribution is 7.80. The van der Waals surface area contributed by atoms with Crippen molar-refractivity contribution < 1.29 is 4.39 Å². The number of nitrogens with zero attached hydrogens (tertiary/aromatic N) is 2. The van der Waals surface area contributed by atoms with E-state index in [1.165, 1.54) is 12.1 Å². The Morgan fingerprint density at radius 3 is 2.39 bits per heavy atom. The third kappa shape index (κ3) is 4.12. The molecule has 3 rings (SSSR count). The predicted molar refractivity (Wildman–Crippen MR) is 97.9 cm³/mol. The smallest absolute Gasteiger partial charge is 0.173 e. The van der Waals surface area contributed by atoms with Gasteiger partial charge in [-0.05, 0) is 54.7 Å². The van der Waals surface area contributed by atoms with E-state index in [0.29, 0.717) is 5.11 Å². The summed E-state index contributed by atoms with van der Waals surface area (Å²) in [6, 6.07) is 14.1. The lowest BCUT2D eigenvalue weighted by molar-refractivity contribution is 0.391. The van der Waals surface area contributed by atoms with Gasteiger partial charge in [0.2, 0.25) is 0 Å². The molecule has 0 aliphatic carbocycles. The number of anilines is 2. The number of benzene rings is 2. The van der Waals surface area contributed by atoms with Crippen molar-refractivity contribution in [2.75, 3.05) is 36.4 Å². The number of nitrogens with one attached hydrogen (secondary N) is 1. The minimum Gasteiger partial charge on any atom is -0.368 e. The fraction of sp³-hybridized carbons (Fsp3) is 0.235. The monoisotopic (exact) mass is 349 g/mol. The number of halogens is 2. The summed E-state index contributed by atoms with van der Waals surface area (Å²) in [5.74, 6) is -0.253. The number of hydrogen-bond donors (Lipinski definition) is 1. The quantitative estimate of drug-likeness (QED) is 0.826. The van der Waals surface area contributed by atoms with Gasteiger partial charge in [0.1, 0.15) is 5.82 Å². The molecule has 0 bridgehead atoms. The topological polar surface area (TPSA) is 18.5 Å². The highest BCUT2D eigenvalue weighted by Gasteiger charge is 2.19. The molecule has 1 fully saturated rings. The minimum absolute atomic E-state index is 0.253. The molecule has 6 heteroatoms. The summed E-state index contributed by atoms with van der Waals surface area (Å²) < 4.78 is 12.9. The molecule has 1 saturated heterocycles. The summed E-state index contributed by atoms with van der Waals surface area (Å²) in [6.45, 7) is 3.43. The van der Waals surface area contributed by atoms with Crippen LogP contribution in [0.4, 0.5) is 15.8 Å². The van der Waals surface area contributed by atoms with Crippen LogP contribution in [-0.2, 0) is 0 Å². The van der Waals surface area contributed by atoms with Crippen molar-refractivity contribution in [1.82, 2.24) is 4.90 Å². The first-order valence-corrected chi connectivity index (χ1v) is 8.22. The van der Waals surface area contributed by atoms with Crippen LogP contribution in [0, 0.1) is 5.82 Å². The molecular formula is C17H17ClFN3S. The number of hydrogen-bond acceptors (Lipinski definition) is 2. The molecule has 1 N–H and O–H groups in total. The van der Waals surface area contributed by atoms with Crippen LogP contribution in [0.15, 0.2) is 48.5 Å². The standard InChI is InChI=1S/C17H17ClFN3S/c18-13-2-1-3-16(12-13)21-8-10-22(11-9-21)17(23)20-15-6-4-14(19)5-7-15/h1-7,12H,8-11H2,(H,20,23). The molecule has 2 aromatic rings. The zero-order valence-corrected chi connectivity index (χ0v) is 14.1. The zero-order valence-electron chi connectivity index (χ0n) is 12.5. The Morgan fingerprint density at radius 1 is 1.04 bits per heavy atom. The Morgan fingerprint density at radius 2 is 1.74 bits per heavy atom. The molecule has 0 radical (unpaired) electrons. The second kappa shape index (κ2) is 7.15. The molecule has 23 heavy (non-hydrogen) atoms. The molecule has 0 saturated carbocycles. The van der Waals surface area contributed by atoms with Gasteiger partial charge < -0.3 is 15.1 Å². The van der Waals surface area contributed by atoms with Crippen molar-refractivity contribution in [3.05, 3.63) is 59.4 Å². The van der Waals surface area contributed by atoms with Crippen LogP contribution in [0.1, 0.15) is 0 Å². The first kappa shape index (κ1) is 16.0. The van der Waals surface area contributed by atoms with Gasteiger partial charge in [0, 0.05) is 42.6 Å². The van der Waals surface area contributed by atoms with Crippen molar-refractivity contribution in [1.29, 1.82) is 0 Å². The summed E-state index contributed by atoms with van der Waals surface area (Å²) in [4.78, 5) is 4.42. The van der Waals surface area contributed by atoms with Crippen molar-refractivity contribution in [2.24, 2.45) is 0 Å². The van der Waals surface area contributed by atoms with Gasteiger partial charge in [-0.3, -0.25) is 0 Å². The van der Waals surface area contributed by atoms with Crippen molar-refractivity contribution in [3.63, 3.8) is 0 Å². The molecule has 0 unspecified atom stereocenters. The van der Waals surface area contributed by atoms with E-state index in [-0.39, 0.29) is 5.82 Å². The largest absolute Gasteiger partial charge is 0.368 e. The van der Waals surface area contributed by atoms with Crippen molar-refractivity contribution in [2.45, 2.75) is 0 Å². The lowest BCUT2D eigenvalue weighted by atomic mass is 10.2.